The Morgan fingerprint density at radius 1 is 1.18 bits per heavy atom. The summed E-state index contributed by atoms with van der Waals surface area (Å²) in [6.07, 6.45) is 8.23. The second-order valence-electron chi connectivity index (χ2n) is 9.47. The predicted octanol–water partition coefficient (Wildman–Crippen LogP) is 5.89. The van der Waals surface area contributed by atoms with Gasteiger partial charge >= 0.3 is 0 Å². The number of carbonyl (C=O) groups excluding carboxylic acids is 1. The van der Waals surface area contributed by atoms with Crippen molar-refractivity contribution in [3.63, 3.8) is 0 Å². The van der Waals surface area contributed by atoms with Crippen LogP contribution in [-0.2, 0) is 10.2 Å². The summed E-state index contributed by atoms with van der Waals surface area (Å²) < 4.78 is 17.5. The number of allylic oxidation sites excluding steroid dienone is 2. The van der Waals surface area contributed by atoms with Crippen molar-refractivity contribution in [3.05, 3.63) is 77.9 Å². The molecule has 0 N–H and O–H groups in total. The highest BCUT2D eigenvalue weighted by molar-refractivity contribution is 6.07. The van der Waals surface area contributed by atoms with Gasteiger partial charge in [0.2, 0.25) is 0 Å². The molecule has 0 amide bonds. The Kier molecular flexibility index (Phi) is 9.08. The smallest absolute Gasteiger partial charge is 0.199 e. The van der Waals surface area contributed by atoms with Gasteiger partial charge in [-0.25, -0.2) is 0 Å². The number of benzene rings is 2. The van der Waals surface area contributed by atoms with Crippen molar-refractivity contribution in [2.75, 3.05) is 33.9 Å². The molecule has 1 heterocycles. The summed E-state index contributed by atoms with van der Waals surface area (Å²) in [6.45, 7) is 10.3. The second kappa shape index (κ2) is 12.0. The molecule has 5 nitrogen and oxygen atoms in total. The van der Waals surface area contributed by atoms with Crippen LogP contribution in [0.25, 0.3) is 6.08 Å². The fourth-order valence-corrected chi connectivity index (χ4v) is 3.58. The Morgan fingerprint density at radius 2 is 1.94 bits per heavy atom. The Hall–Kier alpha value is -2.89. The third-order valence-electron chi connectivity index (χ3n) is 6.02. The average molecular weight is 464 g/mol. The maximum atomic E-state index is 12.9. The van der Waals surface area contributed by atoms with Crippen LogP contribution in [0.15, 0.2) is 61.2 Å². The largest absolute Gasteiger partial charge is 0.492 e. The first-order valence-corrected chi connectivity index (χ1v) is 11.9. The Labute approximate surface area is 204 Å². The number of nitrogens with zero attached hydrogens (tertiary/aromatic N) is 1. The molecule has 1 unspecified atom stereocenters. The molecule has 0 radical (unpaired) electrons. The molecule has 1 fully saturated rings. The van der Waals surface area contributed by atoms with Crippen molar-refractivity contribution in [1.82, 2.24) is 4.90 Å². The van der Waals surface area contributed by atoms with Gasteiger partial charge in [0, 0.05) is 29.5 Å². The number of hydrogen-bond acceptors (Lipinski definition) is 5. The van der Waals surface area contributed by atoms with Crippen molar-refractivity contribution in [2.24, 2.45) is 0 Å². The van der Waals surface area contributed by atoms with Gasteiger partial charge in [-0.1, -0.05) is 26.0 Å². The van der Waals surface area contributed by atoms with E-state index in [0.29, 0.717) is 17.9 Å². The van der Waals surface area contributed by atoms with Crippen LogP contribution in [0.4, 0.5) is 0 Å². The lowest BCUT2D eigenvalue weighted by molar-refractivity contribution is -0.105. The van der Waals surface area contributed by atoms with Crippen LogP contribution >= 0.6 is 0 Å². The summed E-state index contributed by atoms with van der Waals surface area (Å²) in [5.41, 5.74) is 2.40. The van der Waals surface area contributed by atoms with E-state index in [0.717, 1.165) is 49.3 Å². The van der Waals surface area contributed by atoms with E-state index in [1.54, 1.807) is 18.2 Å². The topological polar surface area (TPSA) is 48.0 Å². The van der Waals surface area contributed by atoms with Gasteiger partial charge < -0.3 is 19.1 Å². The molecule has 1 aliphatic heterocycles. The molecule has 34 heavy (non-hydrogen) atoms. The lowest BCUT2D eigenvalue weighted by atomic mass is 9.84. The molecular formula is C29H37NO4. The van der Waals surface area contributed by atoms with Crippen LogP contribution in [0, 0.1) is 0 Å². The molecule has 1 atom stereocenters. The number of carbonyl (C=O) groups is 1. The molecule has 1 saturated heterocycles. The normalized spacial score (nSPS) is 16.6. The molecule has 0 spiro atoms. The molecule has 0 bridgehead atoms. The lowest BCUT2D eigenvalue weighted by Crippen LogP contribution is -2.24. The first-order chi connectivity index (χ1) is 16.3. The highest BCUT2D eigenvalue weighted by atomic mass is 16.7. The molecule has 1 aliphatic rings. The molecule has 5 heteroatoms. The summed E-state index contributed by atoms with van der Waals surface area (Å²) in [5.74, 6) is 1.39. The van der Waals surface area contributed by atoms with Gasteiger partial charge in [0.25, 0.3) is 0 Å². The zero-order valence-electron chi connectivity index (χ0n) is 20.9. The third kappa shape index (κ3) is 7.31. The molecule has 0 saturated carbocycles. The minimum atomic E-state index is -0.201. The van der Waals surface area contributed by atoms with E-state index in [1.165, 1.54) is 0 Å². The number of ketones is 1. The molecule has 2 aromatic rings. The van der Waals surface area contributed by atoms with Crippen molar-refractivity contribution in [2.45, 2.75) is 44.8 Å². The van der Waals surface area contributed by atoms with Gasteiger partial charge in [-0.15, -0.1) is 6.58 Å². The molecule has 2 aromatic carbocycles. The molecule has 3 rings (SSSR count). The Bertz CT molecular complexity index is 986. The molecule has 0 aliphatic carbocycles. The lowest BCUT2D eigenvalue weighted by Gasteiger charge is -2.23. The number of ether oxygens (including phenoxy) is 3. The van der Waals surface area contributed by atoms with Gasteiger partial charge in [-0.2, -0.15) is 0 Å². The van der Waals surface area contributed by atoms with Crippen LogP contribution in [0.5, 0.6) is 11.5 Å². The van der Waals surface area contributed by atoms with Crippen LogP contribution < -0.4 is 9.47 Å². The van der Waals surface area contributed by atoms with E-state index in [4.69, 9.17) is 14.2 Å². The molecule has 182 valence electrons. The zero-order chi connectivity index (χ0) is 24.6. The first kappa shape index (κ1) is 25.7. The Balaban J connectivity index is 1.74. The standard InChI is InChI=1S/C29H37NO4/c1-6-29(2,3)24-13-17-27(32-20-18-30(4)5)23(21-24)12-16-26(31)22-10-14-25(15-11-22)34-28-9-7-8-19-33-28/h6,10-17,21,28H,1,7-9,18-20H2,2-5H3. The summed E-state index contributed by atoms with van der Waals surface area (Å²) in [6, 6.07) is 13.3. The fraction of sp³-hybridized carbons (Fsp3) is 0.414. The van der Waals surface area contributed by atoms with E-state index in [-0.39, 0.29) is 17.5 Å². The summed E-state index contributed by atoms with van der Waals surface area (Å²) in [7, 11) is 4.02. The van der Waals surface area contributed by atoms with E-state index in [1.807, 2.05) is 44.4 Å². The number of likely N-dealkylation sites (N-methyl/N-ethyl adjacent to an activating group) is 1. The summed E-state index contributed by atoms with van der Waals surface area (Å²) in [5, 5.41) is 0. The quantitative estimate of drug-likeness (QED) is 0.236. The minimum absolute atomic E-state index is 0.0758. The maximum Gasteiger partial charge on any atom is 0.199 e. The third-order valence-corrected chi connectivity index (χ3v) is 6.02. The van der Waals surface area contributed by atoms with Crippen molar-refractivity contribution in [1.29, 1.82) is 0 Å². The van der Waals surface area contributed by atoms with Crippen molar-refractivity contribution >= 4 is 11.9 Å². The van der Waals surface area contributed by atoms with Gasteiger partial charge in [-0.05, 0) is 81.1 Å². The van der Waals surface area contributed by atoms with Gasteiger partial charge in [-0.3, -0.25) is 4.79 Å². The Morgan fingerprint density at radius 3 is 2.59 bits per heavy atom. The summed E-state index contributed by atoms with van der Waals surface area (Å²) >= 11 is 0. The van der Waals surface area contributed by atoms with E-state index in [9.17, 15) is 4.79 Å². The van der Waals surface area contributed by atoms with Gasteiger partial charge in [0.05, 0.1) is 6.61 Å². The highest BCUT2D eigenvalue weighted by Crippen LogP contribution is 2.30. The maximum absolute atomic E-state index is 12.9. The zero-order valence-corrected chi connectivity index (χ0v) is 20.9. The van der Waals surface area contributed by atoms with Crippen molar-refractivity contribution in [3.8, 4) is 11.5 Å². The van der Waals surface area contributed by atoms with Crippen LogP contribution in [0.1, 0.15) is 54.6 Å². The van der Waals surface area contributed by atoms with Crippen LogP contribution in [0.2, 0.25) is 0 Å². The minimum Gasteiger partial charge on any atom is -0.492 e. The van der Waals surface area contributed by atoms with Gasteiger partial charge in [0.1, 0.15) is 18.1 Å². The van der Waals surface area contributed by atoms with E-state index < -0.39 is 0 Å². The number of rotatable bonds is 11. The molecular weight excluding hydrogens is 426 g/mol. The SMILES string of the molecule is C=CC(C)(C)c1ccc(OCCN(C)C)c(C=CC(=O)c2ccc(OC3CCCCO3)cc2)c1. The molecule has 0 aromatic heterocycles. The van der Waals surface area contributed by atoms with E-state index in [2.05, 4.69) is 37.5 Å². The monoisotopic (exact) mass is 463 g/mol. The van der Waals surface area contributed by atoms with E-state index >= 15 is 0 Å². The first-order valence-electron chi connectivity index (χ1n) is 11.9. The van der Waals surface area contributed by atoms with Crippen LogP contribution in [-0.4, -0.2) is 50.8 Å². The number of hydrogen-bond donors (Lipinski definition) is 0. The van der Waals surface area contributed by atoms with Crippen molar-refractivity contribution < 1.29 is 19.0 Å². The highest BCUT2D eigenvalue weighted by Gasteiger charge is 2.18. The fourth-order valence-electron chi connectivity index (χ4n) is 3.58. The average Bonchev–Trinajstić information content (AvgIpc) is 2.84. The van der Waals surface area contributed by atoms with Crippen LogP contribution in [0.3, 0.4) is 0 Å². The summed E-state index contributed by atoms with van der Waals surface area (Å²) in [4.78, 5) is 14.9. The second-order valence-corrected chi connectivity index (χ2v) is 9.47. The van der Waals surface area contributed by atoms with Gasteiger partial charge in [0.15, 0.2) is 12.1 Å². The predicted molar refractivity (Wildman–Crippen MR) is 138 cm³/mol.